The fraction of sp³-hybridized carbons (Fsp3) is 1.00. The number of rotatable bonds is 9. The summed E-state index contributed by atoms with van der Waals surface area (Å²) in [5.74, 6) is 1.81. The molecular weight excluding hydrogens is 220 g/mol. The minimum atomic E-state index is 0.765. The van der Waals surface area contributed by atoms with E-state index in [1.807, 2.05) is 0 Å². The molecule has 0 atom stereocenters. The molecule has 18 heavy (non-hydrogen) atoms. The Morgan fingerprint density at radius 1 is 1.11 bits per heavy atom. The molecule has 0 aliphatic heterocycles. The zero-order valence-corrected chi connectivity index (χ0v) is 12.9. The van der Waals surface area contributed by atoms with Crippen LogP contribution in [0.1, 0.15) is 58.8 Å². The molecule has 1 saturated carbocycles. The molecule has 0 aromatic rings. The minimum Gasteiger partial charge on any atom is -0.315 e. The largest absolute Gasteiger partial charge is 0.315 e. The van der Waals surface area contributed by atoms with Crippen LogP contribution in [0.25, 0.3) is 0 Å². The van der Waals surface area contributed by atoms with E-state index in [-0.39, 0.29) is 0 Å². The van der Waals surface area contributed by atoms with Gasteiger partial charge in [0.2, 0.25) is 0 Å². The van der Waals surface area contributed by atoms with Gasteiger partial charge < -0.3 is 10.2 Å². The van der Waals surface area contributed by atoms with Gasteiger partial charge in [0.25, 0.3) is 0 Å². The number of likely N-dealkylation sites (N-methyl/N-ethyl adjacent to an activating group) is 1. The first-order chi connectivity index (χ1) is 8.68. The molecule has 0 aromatic carbocycles. The quantitative estimate of drug-likeness (QED) is 0.633. The lowest BCUT2D eigenvalue weighted by Gasteiger charge is -2.23. The van der Waals surface area contributed by atoms with Crippen molar-refractivity contribution in [1.29, 1.82) is 0 Å². The van der Waals surface area contributed by atoms with Crippen LogP contribution in [0.5, 0.6) is 0 Å². The monoisotopic (exact) mass is 254 g/mol. The molecule has 0 bridgehead atoms. The Balaban J connectivity index is 1.91. The van der Waals surface area contributed by atoms with Crippen molar-refractivity contribution in [1.82, 2.24) is 10.2 Å². The predicted octanol–water partition coefficient (Wildman–Crippen LogP) is 3.52. The SMILES string of the molecule is CC(C)CNCCN(C)CCCC1CCCCC1. The van der Waals surface area contributed by atoms with Crippen LogP contribution in [0.15, 0.2) is 0 Å². The van der Waals surface area contributed by atoms with Crippen molar-refractivity contribution in [2.24, 2.45) is 11.8 Å². The van der Waals surface area contributed by atoms with E-state index in [9.17, 15) is 0 Å². The van der Waals surface area contributed by atoms with Crippen molar-refractivity contribution in [2.45, 2.75) is 58.8 Å². The Kier molecular flexibility index (Phi) is 8.70. The predicted molar refractivity (Wildman–Crippen MR) is 81.0 cm³/mol. The number of hydrogen-bond acceptors (Lipinski definition) is 2. The van der Waals surface area contributed by atoms with Crippen LogP contribution in [0.3, 0.4) is 0 Å². The van der Waals surface area contributed by atoms with E-state index in [0.29, 0.717) is 0 Å². The van der Waals surface area contributed by atoms with Gasteiger partial charge in [-0.2, -0.15) is 0 Å². The topological polar surface area (TPSA) is 15.3 Å². The van der Waals surface area contributed by atoms with Crippen molar-refractivity contribution in [3.8, 4) is 0 Å². The summed E-state index contributed by atoms with van der Waals surface area (Å²) in [4.78, 5) is 2.48. The summed E-state index contributed by atoms with van der Waals surface area (Å²) < 4.78 is 0. The summed E-state index contributed by atoms with van der Waals surface area (Å²) >= 11 is 0. The third kappa shape index (κ3) is 8.10. The van der Waals surface area contributed by atoms with Gasteiger partial charge in [0.15, 0.2) is 0 Å². The average molecular weight is 254 g/mol. The van der Waals surface area contributed by atoms with Crippen molar-refractivity contribution in [3.05, 3.63) is 0 Å². The molecule has 0 amide bonds. The lowest BCUT2D eigenvalue weighted by atomic mass is 9.86. The molecule has 1 N–H and O–H groups in total. The van der Waals surface area contributed by atoms with Gasteiger partial charge in [-0.25, -0.2) is 0 Å². The van der Waals surface area contributed by atoms with E-state index in [4.69, 9.17) is 0 Å². The van der Waals surface area contributed by atoms with E-state index in [2.05, 4.69) is 31.1 Å². The van der Waals surface area contributed by atoms with Gasteiger partial charge in [0.1, 0.15) is 0 Å². The van der Waals surface area contributed by atoms with Crippen LogP contribution in [0.4, 0.5) is 0 Å². The van der Waals surface area contributed by atoms with Crippen LogP contribution in [-0.4, -0.2) is 38.1 Å². The first-order valence-corrected chi connectivity index (χ1v) is 8.07. The highest BCUT2D eigenvalue weighted by Gasteiger charge is 2.12. The second-order valence-electron chi connectivity index (χ2n) is 6.55. The third-order valence-electron chi connectivity index (χ3n) is 4.10. The smallest absolute Gasteiger partial charge is 0.0104 e. The van der Waals surface area contributed by atoms with Gasteiger partial charge in [-0.15, -0.1) is 0 Å². The summed E-state index contributed by atoms with van der Waals surface area (Å²) in [6.07, 6.45) is 10.3. The highest BCUT2D eigenvalue weighted by molar-refractivity contribution is 4.66. The van der Waals surface area contributed by atoms with E-state index >= 15 is 0 Å². The molecule has 0 saturated heterocycles. The van der Waals surface area contributed by atoms with Gasteiger partial charge in [-0.1, -0.05) is 46.0 Å². The van der Waals surface area contributed by atoms with Crippen LogP contribution in [0.2, 0.25) is 0 Å². The molecule has 2 heteroatoms. The number of nitrogens with zero attached hydrogens (tertiary/aromatic N) is 1. The maximum Gasteiger partial charge on any atom is 0.0104 e. The summed E-state index contributed by atoms with van der Waals surface area (Å²) in [5, 5.41) is 3.51. The lowest BCUT2D eigenvalue weighted by molar-refractivity contribution is 0.283. The zero-order valence-electron chi connectivity index (χ0n) is 12.9. The summed E-state index contributed by atoms with van der Waals surface area (Å²) in [7, 11) is 2.26. The first kappa shape index (κ1) is 16.0. The van der Waals surface area contributed by atoms with Crippen LogP contribution >= 0.6 is 0 Å². The van der Waals surface area contributed by atoms with Gasteiger partial charge in [-0.05, 0) is 44.8 Å². The van der Waals surface area contributed by atoms with E-state index in [1.54, 1.807) is 0 Å². The number of nitrogens with one attached hydrogen (secondary N) is 1. The molecule has 0 spiro atoms. The molecular formula is C16H34N2. The molecule has 1 aliphatic rings. The standard InChI is InChI=1S/C16H34N2/c1-15(2)14-17-11-13-18(3)12-7-10-16-8-5-4-6-9-16/h15-17H,4-14H2,1-3H3. The Hall–Kier alpha value is -0.0800. The van der Waals surface area contributed by atoms with Crippen molar-refractivity contribution in [3.63, 3.8) is 0 Å². The van der Waals surface area contributed by atoms with Crippen molar-refractivity contribution < 1.29 is 0 Å². The summed E-state index contributed by atoms with van der Waals surface area (Å²) in [6.45, 7) is 9.28. The van der Waals surface area contributed by atoms with Gasteiger partial charge in [0, 0.05) is 13.1 Å². The normalized spacial score (nSPS) is 17.8. The maximum absolute atomic E-state index is 3.51. The van der Waals surface area contributed by atoms with Crippen LogP contribution in [-0.2, 0) is 0 Å². The highest BCUT2D eigenvalue weighted by atomic mass is 15.1. The molecule has 0 aromatic heterocycles. The molecule has 1 rings (SSSR count). The molecule has 2 nitrogen and oxygen atoms in total. The second kappa shape index (κ2) is 9.80. The van der Waals surface area contributed by atoms with Crippen molar-refractivity contribution >= 4 is 0 Å². The number of hydrogen-bond donors (Lipinski definition) is 1. The van der Waals surface area contributed by atoms with E-state index in [0.717, 1.165) is 24.9 Å². The van der Waals surface area contributed by atoms with Crippen LogP contribution < -0.4 is 5.32 Å². The summed E-state index contributed by atoms with van der Waals surface area (Å²) in [5.41, 5.74) is 0. The van der Waals surface area contributed by atoms with Gasteiger partial charge in [-0.3, -0.25) is 0 Å². The maximum atomic E-state index is 3.51. The fourth-order valence-electron chi connectivity index (χ4n) is 2.90. The molecule has 0 unspecified atom stereocenters. The Labute approximate surface area is 115 Å². The molecule has 108 valence electrons. The summed E-state index contributed by atoms with van der Waals surface area (Å²) in [6, 6.07) is 0. The van der Waals surface area contributed by atoms with E-state index < -0.39 is 0 Å². The van der Waals surface area contributed by atoms with E-state index in [1.165, 1.54) is 58.0 Å². The second-order valence-corrected chi connectivity index (χ2v) is 6.55. The lowest BCUT2D eigenvalue weighted by Crippen LogP contribution is -2.31. The zero-order chi connectivity index (χ0) is 13.2. The van der Waals surface area contributed by atoms with Gasteiger partial charge >= 0.3 is 0 Å². The molecule has 1 aliphatic carbocycles. The highest BCUT2D eigenvalue weighted by Crippen LogP contribution is 2.27. The average Bonchev–Trinajstić information content (AvgIpc) is 2.36. The fourth-order valence-corrected chi connectivity index (χ4v) is 2.90. The van der Waals surface area contributed by atoms with Crippen LogP contribution in [0, 0.1) is 11.8 Å². The van der Waals surface area contributed by atoms with Crippen molar-refractivity contribution in [2.75, 3.05) is 33.2 Å². The third-order valence-corrected chi connectivity index (χ3v) is 4.10. The Bertz CT molecular complexity index is 186. The molecule has 0 heterocycles. The van der Waals surface area contributed by atoms with Gasteiger partial charge in [0.05, 0.1) is 0 Å². The Morgan fingerprint density at radius 3 is 2.50 bits per heavy atom. The Morgan fingerprint density at radius 2 is 1.83 bits per heavy atom. The molecule has 0 radical (unpaired) electrons. The molecule has 1 fully saturated rings. The first-order valence-electron chi connectivity index (χ1n) is 8.07. The minimum absolute atomic E-state index is 0.765.